The molecular formula is C17H21ClN2O3. The zero-order valence-electron chi connectivity index (χ0n) is 13.6. The second-order valence-corrected chi connectivity index (χ2v) is 5.02. The monoisotopic (exact) mass is 336 g/mol. The lowest BCUT2D eigenvalue weighted by Gasteiger charge is -2.10. The summed E-state index contributed by atoms with van der Waals surface area (Å²) >= 11 is 5.62. The lowest BCUT2D eigenvalue weighted by atomic mass is 10.2. The van der Waals surface area contributed by atoms with E-state index in [0.29, 0.717) is 34.5 Å². The average Bonchev–Trinajstić information content (AvgIpc) is 2.59. The van der Waals surface area contributed by atoms with E-state index in [2.05, 4.69) is 0 Å². The van der Waals surface area contributed by atoms with Gasteiger partial charge in [0.15, 0.2) is 0 Å². The van der Waals surface area contributed by atoms with Crippen LogP contribution in [0.4, 0.5) is 0 Å². The van der Waals surface area contributed by atoms with Crippen LogP contribution in [0.1, 0.15) is 36.2 Å². The van der Waals surface area contributed by atoms with Crippen molar-refractivity contribution in [2.45, 2.75) is 33.7 Å². The third-order valence-corrected chi connectivity index (χ3v) is 3.35. The van der Waals surface area contributed by atoms with Crippen LogP contribution in [0.25, 0.3) is 0 Å². The molecule has 2 aromatic rings. The first kappa shape index (κ1) is 18.9. The molecule has 0 aliphatic rings. The Hall–Kier alpha value is -2.14. The van der Waals surface area contributed by atoms with Gasteiger partial charge in [-0.25, -0.2) is 4.79 Å². The van der Waals surface area contributed by atoms with E-state index < -0.39 is 17.2 Å². The molecule has 1 heterocycles. The van der Waals surface area contributed by atoms with Gasteiger partial charge in [0.1, 0.15) is 0 Å². The summed E-state index contributed by atoms with van der Waals surface area (Å²) in [4.78, 5) is 36.8. The number of rotatable bonds is 4. The standard InChI is InChI=1S/C15H15ClN2O3.C2H6/c1-11-10-17(9-5-8-16)15(21)18(13(11)19)14(20)12-6-3-2-4-7-12;1-2/h2-4,6-7,10H,5,8-9H2,1H3;1-2H3. The van der Waals surface area contributed by atoms with Crippen molar-refractivity contribution in [3.63, 3.8) is 0 Å². The Bertz CT molecular complexity index is 764. The van der Waals surface area contributed by atoms with E-state index in [1.807, 2.05) is 13.8 Å². The molecule has 0 N–H and O–H groups in total. The summed E-state index contributed by atoms with van der Waals surface area (Å²) in [5.74, 6) is -0.217. The van der Waals surface area contributed by atoms with E-state index >= 15 is 0 Å². The van der Waals surface area contributed by atoms with E-state index in [-0.39, 0.29) is 0 Å². The van der Waals surface area contributed by atoms with Crippen molar-refractivity contribution >= 4 is 17.5 Å². The Labute approximate surface area is 140 Å². The SMILES string of the molecule is CC.Cc1cn(CCCCl)c(=O)n(C(=O)c2ccccc2)c1=O. The van der Waals surface area contributed by atoms with Crippen LogP contribution in [0, 0.1) is 6.92 Å². The van der Waals surface area contributed by atoms with Crippen LogP contribution in [0.15, 0.2) is 46.1 Å². The second-order valence-electron chi connectivity index (χ2n) is 4.64. The average molecular weight is 337 g/mol. The second kappa shape index (κ2) is 9.10. The molecule has 0 bridgehead atoms. The van der Waals surface area contributed by atoms with Gasteiger partial charge >= 0.3 is 5.69 Å². The van der Waals surface area contributed by atoms with Gasteiger partial charge in [-0.05, 0) is 25.5 Å². The van der Waals surface area contributed by atoms with E-state index in [1.54, 1.807) is 37.3 Å². The van der Waals surface area contributed by atoms with Crippen LogP contribution in [0.3, 0.4) is 0 Å². The lowest BCUT2D eigenvalue weighted by Crippen LogP contribution is -2.44. The summed E-state index contributed by atoms with van der Waals surface area (Å²) in [6, 6.07) is 8.26. The third kappa shape index (κ3) is 4.42. The van der Waals surface area contributed by atoms with Crippen molar-refractivity contribution in [1.29, 1.82) is 0 Å². The third-order valence-electron chi connectivity index (χ3n) is 3.08. The highest BCUT2D eigenvalue weighted by Gasteiger charge is 2.16. The number of hydrogen-bond donors (Lipinski definition) is 0. The maximum atomic E-state index is 12.4. The van der Waals surface area contributed by atoms with Gasteiger partial charge in [-0.1, -0.05) is 32.0 Å². The Morgan fingerprint density at radius 1 is 1.13 bits per heavy atom. The van der Waals surface area contributed by atoms with Crippen LogP contribution in [-0.4, -0.2) is 20.9 Å². The first-order chi connectivity index (χ1) is 11.1. The first-order valence-corrected chi connectivity index (χ1v) is 8.08. The summed E-state index contributed by atoms with van der Waals surface area (Å²) in [6.07, 6.45) is 2.05. The van der Waals surface area contributed by atoms with Gasteiger partial charge in [-0.2, -0.15) is 4.57 Å². The number of carbonyl (C=O) groups is 1. The van der Waals surface area contributed by atoms with Crippen LogP contribution in [0.5, 0.6) is 0 Å². The molecule has 0 unspecified atom stereocenters. The zero-order chi connectivity index (χ0) is 17.4. The van der Waals surface area contributed by atoms with Crippen molar-refractivity contribution in [2.24, 2.45) is 0 Å². The fraction of sp³-hybridized carbons (Fsp3) is 0.353. The largest absolute Gasteiger partial charge is 0.338 e. The number of nitrogens with zero attached hydrogens (tertiary/aromatic N) is 2. The molecule has 0 aliphatic carbocycles. The molecule has 1 aromatic heterocycles. The summed E-state index contributed by atoms with van der Waals surface area (Å²) in [5, 5.41) is 0. The van der Waals surface area contributed by atoms with Crippen LogP contribution in [-0.2, 0) is 6.54 Å². The number of carbonyl (C=O) groups excluding carboxylic acids is 1. The Balaban J connectivity index is 0.00000127. The predicted octanol–water partition coefficient (Wildman–Crippen LogP) is 2.66. The fourth-order valence-corrected chi connectivity index (χ4v) is 2.13. The predicted molar refractivity (Wildman–Crippen MR) is 92.6 cm³/mol. The van der Waals surface area contributed by atoms with Crippen molar-refractivity contribution in [2.75, 3.05) is 5.88 Å². The first-order valence-electron chi connectivity index (χ1n) is 7.55. The number of aromatic nitrogens is 2. The smallest absolute Gasteiger partial charge is 0.300 e. The maximum absolute atomic E-state index is 12.4. The molecule has 0 spiro atoms. The number of aryl methyl sites for hydroxylation is 2. The molecule has 0 atom stereocenters. The van der Waals surface area contributed by atoms with Crippen molar-refractivity contribution in [3.05, 3.63) is 68.5 Å². The summed E-state index contributed by atoms with van der Waals surface area (Å²) in [7, 11) is 0. The molecule has 124 valence electrons. The molecule has 5 nitrogen and oxygen atoms in total. The highest BCUT2D eigenvalue weighted by atomic mass is 35.5. The molecule has 1 aromatic carbocycles. The molecular weight excluding hydrogens is 316 g/mol. The molecule has 0 aliphatic heterocycles. The van der Waals surface area contributed by atoms with Gasteiger partial charge in [0.05, 0.1) is 0 Å². The molecule has 0 amide bonds. The number of benzene rings is 1. The van der Waals surface area contributed by atoms with Crippen molar-refractivity contribution < 1.29 is 4.79 Å². The maximum Gasteiger partial charge on any atom is 0.338 e. The minimum Gasteiger partial charge on any atom is -0.300 e. The zero-order valence-corrected chi connectivity index (χ0v) is 14.3. The minimum atomic E-state index is -0.635. The molecule has 0 fully saturated rings. The topological polar surface area (TPSA) is 61.1 Å². The van der Waals surface area contributed by atoms with E-state index in [0.717, 1.165) is 0 Å². The summed E-state index contributed by atoms with van der Waals surface area (Å²) in [5.41, 5.74) is -0.583. The van der Waals surface area contributed by atoms with Gasteiger partial charge in [0.25, 0.3) is 11.5 Å². The molecule has 0 radical (unpaired) electrons. The van der Waals surface area contributed by atoms with E-state index in [1.165, 1.54) is 10.8 Å². The number of alkyl halides is 1. The van der Waals surface area contributed by atoms with Crippen molar-refractivity contribution in [1.82, 2.24) is 9.13 Å². The Morgan fingerprint density at radius 3 is 2.30 bits per heavy atom. The van der Waals surface area contributed by atoms with Gasteiger partial charge in [-0.3, -0.25) is 14.2 Å². The van der Waals surface area contributed by atoms with Crippen LogP contribution >= 0.6 is 11.6 Å². The highest BCUT2D eigenvalue weighted by molar-refractivity contribution is 6.17. The van der Waals surface area contributed by atoms with Crippen LogP contribution in [0.2, 0.25) is 0 Å². The highest BCUT2D eigenvalue weighted by Crippen LogP contribution is 2.00. The van der Waals surface area contributed by atoms with Crippen LogP contribution < -0.4 is 11.2 Å². The Kier molecular flexibility index (Phi) is 7.48. The number of hydrogen-bond acceptors (Lipinski definition) is 3. The minimum absolute atomic E-state index is 0.297. The van der Waals surface area contributed by atoms with Gasteiger partial charge in [-0.15, -0.1) is 11.6 Å². The van der Waals surface area contributed by atoms with Gasteiger partial charge < -0.3 is 0 Å². The van der Waals surface area contributed by atoms with Gasteiger partial charge in [0.2, 0.25) is 0 Å². The quantitative estimate of drug-likeness (QED) is 0.806. The molecule has 0 saturated heterocycles. The van der Waals surface area contributed by atoms with E-state index in [9.17, 15) is 14.4 Å². The van der Waals surface area contributed by atoms with Gasteiger partial charge in [0, 0.05) is 29.7 Å². The molecule has 2 rings (SSSR count). The lowest BCUT2D eigenvalue weighted by molar-refractivity contribution is 0.0948. The normalized spacial score (nSPS) is 9.91. The Morgan fingerprint density at radius 2 is 1.74 bits per heavy atom. The summed E-state index contributed by atoms with van der Waals surface area (Å²) in [6.45, 7) is 5.94. The molecule has 0 saturated carbocycles. The van der Waals surface area contributed by atoms with E-state index in [4.69, 9.17) is 11.6 Å². The number of halogens is 1. The molecule has 23 heavy (non-hydrogen) atoms. The fourth-order valence-electron chi connectivity index (χ4n) is 2.02. The summed E-state index contributed by atoms with van der Waals surface area (Å²) < 4.78 is 2.03. The molecule has 6 heteroatoms. The van der Waals surface area contributed by atoms with Crippen molar-refractivity contribution in [3.8, 4) is 0 Å².